The summed E-state index contributed by atoms with van der Waals surface area (Å²) in [5.74, 6) is 0. The number of sulfonamides is 1. The normalized spacial score (nSPS) is 17.9. The van der Waals surface area contributed by atoms with Crippen molar-refractivity contribution in [3.8, 4) is 11.1 Å². The lowest BCUT2D eigenvalue weighted by molar-refractivity contribution is 0.507. The van der Waals surface area contributed by atoms with Gasteiger partial charge in [-0.1, -0.05) is 54.6 Å². The molecule has 1 N–H and O–H groups in total. The van der Waals surface area contributed by atoms with Crippen molar-refractivity contribution in [2.75, 3.05) is 0 Å². The van der Waals surface area contributed by atoms with E-state index in [1.54, 1.807) is 6.07 Å². The van der Waals surface area contributed by atoms with E-state index in [1.165, 1.54) is 16.7 Å². The van der Waals surface area contributed by atoms with E-state index in [9.17, 15) is 8.42 Å². The first-order valence-electron chi connectivity index (χ1n) is 9.43. The van der Waals surface area contributed by atoms with Gasteiger partial charge in [-0.15, -0.1) is 0 Å². The van der Waals surface area contributed by atoms with Crippen molar-refractivity contribution in [1.29, 1.82) is 0 Å². The van der Waals surface area contributed by atoms with E-state index in [-0.39, 0.29) is 6.04 Å². The topological polar surface area (TPSA) is 46.2 Å². The minimum absolute atomic E-state index is 0.148. The number of aryl methyl sites for hydroxylation is 1. The van der Waals surface area contributed by atoms with E-state index in [0.717, 1.165) is 42.4 Å². The molecule has 1 atom stereocenters. The zero-order valence-corrected chi connectivity index (χ0v) is 15.8. The van der Waals surface area contributed by atoms with Gasteiger partial charge in [0.1, 0.15) is 0 Å². The summed E-state index contributed by atoms with van der Waals surface area (Å²) in [5.41, 5.74) is 7.07. The van der Waals surface area contributed by atoms with Crippen molar-refractivity contribution in [3.05, 3.63) is 89.0 Å². The summed E-state index contributed by atoms with van der Waals surface area (Å²) in [6.45, 7) is 0. The van der Waals surface area contributed by atoms with Crippen molar-refractivity contribution in [2.45, 2.75) is 36.6 Å². The Hall–Kier alpha value is -2.43. The zero-order valence-electron chi connectivity index (χ0n) is 15.0. The summed E-state index contributed by atoms with van der Waals surface area (Å²) in [6, 6.07) is 21.8. The summed E-state index contributed by atoms with van der Waals surface area (Å²) in [4.78, 5) is 0.358. The fraction of sp³-hybridized carbons (Fsp3) is 0.217. The second-order valence-electron chi connectivity index (χ2n) is 7.42. The maximum absolute atomic E-state index is 13.1. The van der Waals surface area contributed by atoms with E-state index in [0.29, 0.717) is 4.90 Å². The number of hydrogen-bond donors (Lipinski definition) is 1. The van der Waals surface area contributed by atoms with Crippen molar-refractivity contribution in [1.82, 2.24) is 4.72 Å². The average molecular weight is 375 g/mol. The van der Waals surface area contributed by atoms with Gasteiger partial charge < -0.3 is 0 Å². The van der Waals surface area contributed by atoms with E-state index >= 15 is 0 Å². The molecule has 0 aliphatic heterocycles. The van der Waals surface area contributed by atoms with Crippen LogP contribution < -0.4 is 4.72 Å². The SMILES string of the molecule is O=S(=O)(N[C@H]1CCCc2ccccc21)c1ccc2c(c1)Cc1ccccc1-2. The van der Waals surface area contributed by atoms with Crippen LogP contribution in [0.5, 0.6) is 0 Å². The second-order valence-corrected chi connectivity index (χ2v) is 9.13. The molecule has 0 saturated carbocycles. The summed E-state index contributed by atoms with van der Waals surface area (Å²) in [6.07, 6.45) is 3.66. The molecule has 0 unspecified atom stereocenters. The molecule has 0 spiro atoms. The molecule has 4 heteroatoms. The Morgan fingerprint density at radius 2 is 1.56 bits per heavy atom. The highest BCUT2D eigenvalue weighted by Crippen LogP contribution is 2.38. The van der Waals surface area contributed by atoms with E-state index < -0.39 is 10.0 Å². The van der Waals surface area contributed by atoms with Crippen LogP contribution in [0.15, 0.2) is 71.6 Å². The molecule has 3 nitrogen and oxygen atoms in total. The van der Waals surface area contributed by atoms with Crippen LogP contribution in [0, 0.1) is 0 Å². The van der Waals surface area contributed by atoms with E-state index in [1.807, 2.05) is 42.5 Å². The first-order chi connectivity index (χ1) is 13.1. The zero-order chi connectivity index (χ0) is 18.4. The van der Waals surface area contributed by atoms with Gasteiger partial charge >= 0.3 is 0 Å². The number of benzene rings is 3. The smallest absolute Gasteiger partial charge is 0.207 e. The van der Waals surface area contributed by atoms with Crippen molar-refractivity contribution >= 4 is 10.0 Å². The number of rotatable bonds is 3. The van der Waals surface area contributed by atoms with Crippen LogP contribution in [0.25, 0.3) is 11.1 Å². The van der Waals surface area contributed by atoms with Gasteiger partial charge in [0.05, 0.1) is 4.90 Å². The minimum Gasteiger partial charge on any atom is -0.207 e. The molecule has 27 heavy (non-hydrogen) atoms. The highest BCUT2D eigenvalue weighted by atomic mass is 32.2. The van der Waals surface area contributed by atoms with Gasteiger partial charge in [0.25, 0.3) is 0 Å². The maximum atomic E-state index is 13.1. The van der Waals surface area contributed by atoms with Crippen LogP contribution in [0.1, 0.15) is 41.1 Å². The minimum atomic E-state index is -3.56. The molecule has 2 aliphatic carbocycles. The Kier molecular flexibility index (Phi) is 3.92. The maximum Gasteiger partial charge on any atom is 0.241 e. The molecular weight excluding hydrogens is 354 g/mol. The molecule has 3 aromatic rings. The number of nitrogens with one attached hydrogen (secondary N) is 1. The van der Waals surface area contributed by atoms with Crippen LogP contribution in [0.4, 0.5) is 0 Å². The van der Waals surface area contributed by atoms with Gasteiger partial charge in [-0.25, -0.2) is 13.1 Å². The molecule has 0 amide bonds. The standard InChI is InChI=1S/C23H21NO2S/c25-27(26,24-23-11-5-8-16-6-1-4-10-22(16)23)19-12-13-21-18(15-19)14-17-7-2-3-9-20(17)21/h1-4,6-7,9-10,12-13,15,23-24H,5,8,11,14H2/t23-/m0/s1. The quantitative estimate of drug-likeness (QED) is 0.568. The summed E-state index contributed by atoms with van der Waals surface area (Å²) in [7, 11) is -3.56. The summed E-state index contributed by atoms with van der Waals surface area (Å²) in [5, 5.41) is 0. The van der Waals surface area contributed by atoms with Crippen LogP contribution in [0.2, 0.25) is 0 Å². The lowest BCUT2D eigenvalue weighted by atomic mass is 9.88. The van der Waals surface area contributed by atoms with Crippen LogP contribution in [0.3, 0.4) is 0 Å². The fourth-order valence-corrected chi connectivity index (χ4v) is 5.72. The summed E-state index contributed by atoms with van der Waals surface area (Å²) >= 11 is 0. The molecule has 5 rings (SSSR count). The van der Waals surface area contributed by atoms with Gasteiger partial charge in [0.15, 0.2) is 0 Å². The molecule has 0 heterocycles. The van der Waals surface area contributed by atoms with E-state index in [2.05, 4.69) is 22.9 Å². The van der Waals surface area contributed by atoms with Crippen LogP contribution in [-0.4, -0.2) is 8.42 Å². The molecule has 0 bridgehead atoms. The Balaban J connectivity index is 1.46. The Morgan fingerprint density at radius 3 is 2.44 bits per heavy atom. The van der Waals surface area contributed by atoms with Gasteiger partial charge in [0, 0.05) is 6.04 Å². The Labute approximate surface area is 160 Å². The second kappa shape index (κ2) is 6.32. The Morgan fingerprint density at radius 1 is 0.815 bits per heavy atom. The Bertz CT molecular complexity index is 1130. The van der Waals surface area contributed by atoms with Crippen LogP contribution in [-0.2, 0) is 22.9 Å². The van der Waals surface area contributed by atoms with Crippen molar-refractivity contribution < 1.29 is 8.42 Å². The van der Waals surface area contributed by atoms with E-state index in [4.69, 9.17) is 0 Å². The monoisotopic (exact) mass is 375 g/mol. The number of hydrogen-bond acceptors (Lipinski definition) is 2. The molecule has 0 radical (unpaired) electrons. The third kappa shape index (κ3) is 2.89. The molecule has 0 fully saturated rings. The van der Waals surface area contributed by atoms with Crippen molar-refractivity contribution in [3.63, 3.8) is 0 Å². The van der Waals surface area contributed by atoms with Gasteiger partial charge in [-0.3, -0.25) is 0 Å². The molecule has 0 saturated heterocycles. The largest absolute Gasteiger partial charge is 0.241 e. The molecule has 136 valence electrons. The third-order valence-electron chi connectivity index (χ3n) is 5.74. The predicted octanol–water partition coefficient (Wildman–Crippen LogP) is 4.61. The average Bonchev–Trinajstić information content (AvgIpc) is 3.06. The number of fused-ring (bicyclic) bond motifs is 4. The summed E-state index contributed by atoms with van der Waals surface area (Å²) < 4.78 is 29.1. The van der Waals surface area contributed by atoms with Gasteiger partial charge in [0.2, 0.25) is 10.0 Å². The first kappa shape index (κ1) is 16.7. The van der Waals surface area contributed by atoms with Gasteiger partial charge in [-0.05, 0) is 71.2 Å². The first-order valence-corrected chi connectivity index (χ1v) is 10.9. The molecule has 0 aromatic heterocycles. The third-order valence-corrected chi connectivity index (χ3v) is 7.21. The fourth-order valence-electron chi connectivity index (χ4n) is 4.42. The highest BCUT2D eigenvalue weighted by molar-refractivity contribution is 7.89. The van der Waals surface area contributed by atoms with Crippen LogP contribution >= 0.6 is 0 Å². The molecule has 2 aliphatic rings. The highest BCUT2D eigenvalue weighted by Gasteiger charge is 2.27. The molecule has 3 aromatic carbocycles. The lowest BCUT2D eigenvalue weighted by Gasteiger charge is -2.26. The lowest BCUT2D eigenvalue weighted by Crippen LogP contribution is -2.31. The van der Waals surface area contributed by atoms with Gasteiger partial charge in [-0.2, -0.15) is 0 Å². The molecular formula is C23H21NO2S. The van der Waals surface area contributed by atoms with Crippen molar-refractivity contribution in [2.24, 2.45) is 0 Å². The predicted molar refractivity (Wildman–Crippen MR) is 107 cm³/mol.